The SMILES string of the molecule is CC(CCN)c1cncc(-c2ccccc2N(C)C)c1. The second-order valence-corrected chi connectivity index (χ2v) is 5.40. The van der Waals surface area contributed by atoms with E-state index in [1.807, 2.05) is 12.4 Å². The molecule has 106 valence electrons. The van der Waals surface area contributed by atoms with Gasteiger partial charge in [-0.2, -0.15) is 0 Å². The van der Waals surface area contributed by atoms with Crippen LogP contribution in [0.2, 0.25) is 0 Å². The van der Waals surface area contributed by atoms with E-state index < -0.39 is 0 Å². The smallest absolute Gasteiger partial charge is 0.0441 e. The maximum Gasteiger partial charge on any atom is 0.0441 e. The fraction of sp³-hybridized carbons (Fsp3) is 0.353. The highest BCUT2D eigenvalue weighted by Gasteiger charge is 2.10. The summed E-state index contributed by atoms with van der Waals surface area (Å²) < 4.78 is 0. The number of para-hydroxylation sites is 1. The van der Waals surface area contributed by atoms with Crippen LogP contribution in [0.4, 0.5) is 5.69 Å². The second-order valence-electron chi connectivity index (χ2n) is 5.40. The van der Waals surface area contributed by atoms with Crippen molar-refractivity contribution in [2.24, 2.45) is 5.73 Å². The van der Waals surface area contributed by atoms with Crippen molar-refractivity contribution >= 4 is 5.69 Å². The molecule has 20 heavy (non-hydrogen) atoms. The fourth-order valence-electron chi connectivity index (χ4n) is 2.40. The molecule has 1 aromatic carbocycles. The molecule has 3 heteroatoms. The number of anilines is 1. The highest BCUT2D eigenvalue weighted by Crippen LogP contribution is 2.31. The molecule has 3 nitrogen and oxygen atoms in total. The van der Waals surface area contributed by atoms with Crippen LogP contribution in [0.15, 0.2) is 42.7 Å². The molecule has 1 atom stereocenters. The van der Waals surface area contributed by atoms with E-state index in [0.717, 1.165) is 12.0 Å². The number of nitrogens with two attached hydrogens (primary N) is 1. The highest BCUT2D eigenvalue weighted by atomic mass is 15.1. The standard InChI is InChI=1S/C17H23N3/c1-13(8-9-18)14-10-15(12-19-11-14)16-6-4-5-7-17(16)20(2)3/h4-7,10-13H,8-9,18H2,1-3H3. The summed E-state index contributed by atoms with van der Waals surface area (Å²) in [6.07, 6.45) is 4.86. The quantitative estimate of drug-likeness (QED) is 0.906. The Bertz CT molecular complexity index is 564. The number of pyridine rings is 1. The molecule has 2 aromatic rings. The molecule has 1 heterocycles. The van der Waals surface area contributed by atoms with Gasteiger partial charge in [0.2, 0.25) is 0 Å². The normalized spacial score (nSPS) is 12.2. The number of hydrogen-bond donors (Lipinski definition) is 1. The third-order valence-electron chi connectivity index (χ3n) is 3.62. The molecule has 0 fully saturated rings. The monoisotopic (exact) mass is 269 g/mol. The van der Waals surface area contributed by atoms with Crippen LogP contribution in [0.25, 0.3) is 11.1 Å². The van der Waals surface area contributed by atoms with Gasteiger partial charge in [-0.15, -0.1) is 0 Å². The van der Waals surface area contributed by atoms with E-state index >= 15 is 0 Å². The van der Waals surface area contributed by atoms with Gasteiger partial charge in [0.15, 0.2) is 0 Å². The van der Waals surface area contributed by atoms with E-state index in [1.54, 1.807) is 0 Å². The molecule has 0 saturated heterocycles. The third-order valence-corrected chi connectivity index (χ3v) is 3.62. The van der Waals surface area contributed by atoms with Crippen molar-refractivity contribution < 1.29 is 0 Å². The van der Waals surface area contributed by atoms with Crippen molar-refractivity contribution in [3.63, 3.8) is 0 Å². The van der Waals surface area contributed by atoms with E-state index in [1.165, 1.54) is 16.8 Å². The molecule has 0 spiro atoms. The average Bonchev–Trinajstić information content (AvgIpc) is 2.47. The van der Waals surface area contributed by atoms with Crippen LogP contribution in [0.5, 0.6) is 0 Å². The zero-order chi connectivity index (χ0) is 14.5. The Morgan fingerprint density at radius 3 is 2.65 bits per heavy atom. The lowest BCUT2D eigenvalue weighted by atomic mass is 9.96. The summed E-state index contributed by atoms with van der Waals surface area (Å²) in [5, 5.41) is 0. The van der Waals surface area contributed by atoms with Crippen LogP contribution in [0, 0.1) is 0 Å². The third kappa shape index (κ3) is 3.17. The molecule has 0 aliphatic carbocycles. The van der Waals surface area contributed by atoms with Crippen LogP contribution in [-0.2, 0) is 0 Å². The lowest BCUT2D eigenvalue weighted by Crippen LogP contribution is -2.10. The van der Waals surface area contributed by atoms with Gasteiger partial charge in [-0.1, -0.05) is 25.1 Å². The van der Waals surface area contributed by atoms with Gasteiger partial charge < -0.3 is 10.6 Å². The van der Waals surface area contributed by atoms with Gasteiger partial charge in [0, 0.05) is 43.3 Å². The van der Waals surface area contributed by atoms with Crippen LogP contribution in [0.3, 0.4) is 0 Å². The van der Waals surface area contributed by atoms with Crippen LogP contribution in [-0.4, -0.2) is 25.6 Å². The first-order valence-corrected chi connectivity index (χ1v) is 7.05. The van der Waals surface area contributed by atoms with Gasteiger partial charge in [-0.3, -0.25) is 4.98 Å². The molecule has 2 N–H and O–H groups in total. The molecule has 1 unspecified atom stereocenters. The predicted octanol–water partition coefficient (Wildman–Crippen LogP) is 3.27. The van der Waals surface area contributed by atoms with Gasteiger partial charge in [0.25, 0.3) is 0 Å². The van der Waals surface area contributed by atoms with Crippen molar-refractivity contribution in [2.45, 2.75) is 19.3 Å². The number of aromatic nitrogens is 1. The summed E-state index contributed by atoms with van der Waals surface area (Å²) in [7, 11) is 4.13. The average molecular weight is 269 g/mol. The Morgan fingerprint density at radius 2 is 1.95 bits per heavy atom. The summed E-state index contributed by atoms with van der Waals surface area (Å²) in [6.45, 7) is 2.91. The summed E-state index contributed by atoms with van der Waals surface area (Å²) in [5.41, 5.74) is 10.5. The number of rotatable bonds is 5. The molecule has 0 aliphatic heterocycles. The van der Waals surface area contributed by atoms with Gasteiger partial charge in [0.1, 0.15) is 0 Å². The van der Waals surface area contributed by atoms with E-state index in [9.17, 15) is 0 Å². The number of benzene rings is 1. The predicted molar refractivity (Wildman–Crippen MR) is 86.1 cm³/mol. The first-order chi connectivity index (χ1) is 9.63. The second kappa shape index (κ2) is 6.53. The van der Waals surface area contributed by atoms with Gasteiger partial charge in [0.05, 0.1) is 0 Å². The first-order valence-electron chi connectivity index (χ1n) is 7.05. The minimum atomic E-state index is 0.443. The van der Waals surface area contributed by atoms with E-state index in [0.29, 0.717) is 12.5 Å². The van der Waals surface area contributed by atoms with Gasteiger partial charge in [-0.05, 0) is 36.6 Å². The zero-order valence-corrected chi connectivity index (χ0v) is 12.5. The van der Waals surface area contributed by atoms with Crippen molar-refractivity contribution in [2.75, 3.05) is 25.5 Å². The first kappa shape index (κ1) is 14.5. The van der Waals surface area contributed by atoms with E-state index in [4.69, 9.17) is 5.73 Å². The van der Waals surface area contributed by atoms with E-state index in [2.05, 4.69) is 61.2 Å². The number of nitrogens with zero attached hydrogens (tertiary/aromatic N) is 2. The lowest BCUT2D eigenvalue weighted by Gasteiger charge is -2.18. The maximum absolute atomic E-state index is 5.65. The molecule has 0 radical (unpaired) electrons. The summed E-state index contributed by atoms with van der Waals surface area (Å²) >= 11 is 0. The van der Waals surface area contributed by atoms with Crippen molar-refractivity contribution in [3.8, 4) is 11.1 Å². The summed E-state index contributed by atoms with van der Waals surface area (Å²) in [4.78, 5) is 6.54. The molecular weight excluding hydrogens is 246 g/mol. The van der Waals surface area contributed by atoms with E-state index in [-0.39, 0.29) is 0 Å². The topological polar surface area (TPSA) is 42.1 Å². The fourth-order valence-corrected chi connectivity index (χ4v) is 2.40. The molecule has 2 rings (SSSR count). The lowest BCUT2D eigenvalue weighted by molar-refractivity contribution is 0.687. The Kier molecular flexibility index (Phi) is 4.74. The minimum absolute atomic E-state index is 0.443. The molecule has 0 bridgehead atoms. The highest BCUT2D eigenvalue weighted by molar-refractivity contribution is 5.78. The summed E-state index contributed by atoms with van der Waals surface area (Å²) in [6, 6.07) is 10.6. The van der Waals surface area contributed by atoms with Crippen molar-refractivity contribution in [1.29, 1.82) is 0 Å². The van der Waals surface area contributed by atoms with Crippen LogP contribution in [0.1, 0.15) is 24.8 Å². The largest absolute Gasteiger partial charge is 0.377 e. The Morgan fingerprint density at radius 1 is 1.20 bits per heavy atom. The van der Waals surface area contributed by atoms with Crippen molar-refractivity contribution in [1.82, 2.24) is 4.98 Å². The molecule has 0 saturated carbocycles. The molecule has 0 amide bonds. The van der Waals surface area contributed by atoms with Crippen molar-refractivity contribution in [3.05, 3.63) is 48.3 Å². The Hall–Kier alpha value is -1.87. The Balaban J connectivity index is 2.41. The molecule has 1 aromatic heterocycles. The van der Waals surface area contributed by atoms with Crippen LogP contribution < -0.4 is 10.6 Å². The molecular formula is C17H23N3. The maximum atomic E-state index is 5.65. The van der Waals surface area contributed by atoms with Gasteiger partial charge >= 0.3 is 0 Å². The van der Waals surface area contributed by atoms with Gasteiger partial charge in [-0.25, -0.2) is 0 Å². The molecule has 0 aliphatic rings. The number of hydrogen-bond acceptors (Lipinski definition) is 3. The zero-order valence-electron chi connectivity index (χ0n) is 12.5. The minimum Gasteiger partial charge on any atom is -0.377 e. The Labute approximate surface area is 121 Å². The summed E-state index contributed by atoms with van der Waals surface area (Å²) in [5.74, 6) is 0.443. The van der Waals surface area contributed by atoms with Crippen LogP contribution >= 0.6 is 0 Å².